The highest BCUT2D eigenvalue weighted by atomic mass is 17.2. The first kappa shape index (κ1) is 32.1. The maximum absolute atomic E-state index is 13.2. The topological polar surface area (TPSA) is 255 Å². The van der Waals surface area contributed by atoms with Crippen molar-refractivity contribution in [2.45, 2.75) is 80.9 Å². The van der Waals surface area contributed by atoms with Gasteiger partial charge in [-0.15, -0.1) is 0 Å². The Kier molecular flexibility index (Phi) is 10.1. The molecule has 38 heavy (non-hydrogen) atoms. The van der Waals surface area contributed by atoms with Gasteiger partial charge in [0.1, 0.15) is 11.6 Å². The first-order chi connectivity index (χ1) is 17.5. The Hall–Kier alpha value is -2.16. The van der Waals surface area contributed by atoms with E-state index in [-0.39, 0.29) is 19.4 Å². The number of carbonyl (C=O) groups is 2. The summed E-state index contributed by atoms with van der Waals surface area (Å²) in [6.07, 6.45) is -5.78. The van der Waals surface area contributed by atoms with Gasteiger partial charge in [-0.3, -0.25) is 14.8 Å². The van der Waals surface area contributed by atoms with Gasteiger partial charge in [-0.05, 0) is 33.6 Å². The van der Waals surface area contributed by atoms with E-state index < -0.39 is 77.3 Å². The van der Waals surface area contributed by atoms with Gasteiger partial charge >= 0.3 is 0 Å². The molecular weight excluding hydrogens is 520 g/mol. The molecule has 17 nitrogen and oxygen atoms in total. The summed E-state index contributed by atoms with van der Waals surface area (Å²) in [7, 11) is 2.00. The molecule has 2 aliphatic rings. The normalized spacial score (nSPS) is 34.8. The zero-order valence-electron chi connectivity index (χ0n) is 21.5. The van der Waals surface area contributed by atoms with Crippen LogP contribution in [-0.4, -0.2) is 122 Å². The second kappa shape index (κ2) is 11.9. The second-order valence-corrected chi connectivity index (χ2v) is 9.51. The fraction of sp³-hybridized carbons (Fsp3) is 0.810. The molecule has 2 heterocycles. The number of β-amino-alcohol motifs (C(OH)–C–C–N with tert-alkyl or cyclic N) is 1. The van der Waals surface area contributed by atoms with Crippen LogP contribution in [0.15, 0.2) is 11.5 Å². The van der Waals surface area contributed by atoms with E-state index in [9.17, 15) is 45.5 Å². The van der Waals surface area contributed by atoms with Crippen molar-refractivity contribution in [3.8, 4) is 0 Å². The molecular formula is C21H36N2O15. The lowest BCUT2D eigenvalue weighted by molar-refractivity contribution is -0.536. The lowest BCUT2D eigenvalue weighted by atomic mass is 9.89. The van der Waals surface area contributed by atoms with Crippen molar-refractivity contribution in [2.24, 2.45) is 0 Å². The third-order valence-electron chi connectivity index (χ3n) is 6.20. The number of hydrogen-bond acceptors (Lipinski definition) is 15. The molecule has 2 amide bonds. The van der Waals surface area contributed by atoms with Gasteiger partial charge in [-0.2, -0.15) is 0 Å². The Morgan fingerprint density at radius 3 is 2.39 bits per heavy atom. The van der Waals surface area contributed by atoms with Gasteiger partial charge in [0, 0.05) is 13.7 Å². The van der Waals surface area contributed by atoms with Crippen molar-refractivity contribution >= 4 is 11.8 Å². The minimum Gasteiger partial charge on any atom is -0.506 e. The molecule has 9 N–H and O–H groups in total. The summed E-state index contributed by atoms with van der Waals surface area (Å²) in [5.41, 5.74) is -2.01. The summed E-state index contributed by atoms with van der Waals surface area (Å²) >= 11 is 0. The Morgan fingerprint density at radius 1 is 1.24 bits per heavy atom. The predicted octanol–water partition coefficient (Wildman–Crippen LogP) is -2.57. The SMILES string of the molecule is COO[C@@H](C(=O)N[C@H]1CC[C@@H](O)CNC1=O)[C@]1(O)OC(C)(C)O[C@@](O)(/C(O)=C(\O)C(C)(CO)OC)[C@H]1OO. The van der Waals surface area contributed by atoms with E-state index in [1.807, 2.05) is 0 Å². The number of carbonyl (C=O) groups excluding carboxylic acids is 2. The molecule has 0 radical (unpaired) electrons. The summed E-state index contributed by atoms with van der Waals surface area (Å²) in [6.45, 7) is 2.37. The minimum absolute atomic E-state index is 0.00957. The highest BCUT2D eigenvalue weighted by Crippen LogP contribution is 2.46. The van der Waals surface area contributed by atoms with E-state index >= 15 is 0 Å². The molecule has 7 atom stereocenters. The van der Waals surface area contributed by atoms with Gasteiger partial charge in [0.15, 0.2) is 17.3 Å². The molecule has 0 bridgehead atoms. The maximum Gasteiger partial charge on any atom is 0.267 e. The van der Waals surface area contributed by atoms with Crippen LogP contribution in [0.5, 0.6) is 0 Å². The van der Waals surface area contributed by atoms with Gasteiger partial charge in [-0.25, -0.2) is 14.7 Å². The lowest BCUT2D eigenvalue weighted by Gasteiger charge is -2.53. The number of aliphatic hydroxyl groups is 6. The van der Waals surface area contributed by atoms with Crippen LogP contribution in [0, 0.1) is 0 Å². The number of methoxy groups -OCH3 is 1. The molecule has 0 aromatic carbocycles. The summed E-state index contributed by atoms with van der Waals surface area (Å²) in [5, 5.41) is 78.1. The molecule has 2 aliphatic heterocycles. The van der Waals surface area contributed by atoms with Gasteiger partial charge in [0.05, 0.1) is 19.8 Å². The maximum atomic E-state index is 13.2. The fourth-order valence-electron chi connectivity index (χ4n) is 4.06. The van der Waals surface area contributed by atoms with Gasteiger partial charge < -0.3 is 55.5 Å². The van der Waals surface area contributed by atoms with Gasteiger partial charge in [0.25, 0.3) is 11.7 Å². The van der Waals surface area contributed by atoms with Crippen molar-refractivity contribution in [3.05, 3.63) is 11.5 Å². The zero-order valence-corrected chi connectivity index (χ0v) is 21.5. The Morgan fingerprint density at radius 2 is 1.87 bits per heavy atom. The average Bonchev–Trinajstić information content (AvgIpc) is 3.00. The van der Waals surface area contributed by atoms with E-state index in [4.69, 9.17) is 19.1 Å². The zero-order chi connectivity index (χ0) is 29.1. The predicted molar refractivity (Wildman–Crippen MR) is 120 cm³/mol. The van der Waals surface area contributed by atoms with Crippen LogP contribution in [-0.2, 0) is 38.5 Å². The number of hydrogen-bond donors (Lipinski definition) is 9. The minimum atomic E-state index is -3.39. The number of nitrogens with one attached hydrogen (secondary N) is 2. The van der Waals surface area contributed by atoms with Crippen molar-refractivity contribution in [2.75, 3.05) is 27.4 Å². The van der Waals surface area contributed by atoms with Crippen molar-refractivity contribution < 1.29 is 74.4 Å². The average molecular weight is 557 g/mol. The molecule has 220 valence electrons. The van der Waals surface area contributed by atoms with E-state index in [1.54, 1.807) is 0 Å². The molecule has 0 spiro atoms. The summed E-state index contributed by atoms with van der Waals surface area (Å²) in [4.78, 5) is 39.2. The number of aliphatic hydroxyl groups excluding tert-OH is 4. The van der Waals surface area contributed by atoms with Crippen LogP contribution in [0.1, 0.15) is 33.6 Å². The summed E-state index contributed by atoms with van der Waals surface area (Å²) < 4.78 is 15.7. The third-order valence-corrected chi connectivity index (χ3v) is 6.20. The molecule has 0 aliphatic carbocycles. The molecule has 0 aromatic heterocycles. The fourth-order valence-corrected chi connectivity index (χ4v) is 4.06. The van der Waals surface area contributed by atoms with Gasteiger partial charge in [0.2, 0.25) is 23.9 Å². The van der Waals surface area contributed by atoms with E-state index in [1.165, 1.54) is 0 Å². The molecule has 0 aromatic rings. The quantitative estimate of drug-likeness (QED) is 0.0761. The smallest absolute Gasteiger partial charge is 0.267 e. The highest BCUT2D eigenvalue weighted by molar-refractivity contribution is 5.90. The van der Waals surface area contributed by atoms with Crippen LogP contribution in [0.3, 0.4) is 0 Å². The molecule has 17 heteroatoms. The number of ether oxygens (including phenoxy) is 3. The first-order valence-corrected chi connectivity index (χ1v) is 11.4. The Labute approximate surface area is 217 Å². The third kappa shape index (κ3) is 6.18. The molecule has 1 unspecified atom stereocenters. The molecule has 2 fully saturated rings. The van der Waals surface area contributed by atoms with Crippen molar-refractivity contribution in [3.63, 3.8) is 0 Å². The van der Waals surface area contributed by atoms with E-state index in [2.05, 4.69) is 20.4 Å². The summed E-state index contributed by atoms with van der Waals surface area (Å²) in [5.74, 6) is -13.4. The first-order valence-electron chi connectivity index (χ1n) is 11.4. The van der Waals surface area contributed by atoms with Crippen LogP contribution in [0.2, 0.25) is 0 Å². The monoisotopic (exact) mass is 556 g/mol. The lowest BCUT2D eigenvalue weighted by Crippen LogP contribution is -2.75. The number of rotatable bonds is 10. The standard InChI is InChI=1S/C21H36N2O15/c1-18(2)37-20(30,13(27)12(26)19(3,9-24)33-4)17(35-32)21(31,38-18)14(36-34-5)16(29)23-11-7-6-10(25)8-22-15(11)28/h10-11,14,17,24-27,30-32H,6-9H2,1-5H3,(H,22,28)(H,23,29)/b13-12+/t10-,11+,14+,17-,19?,20+,21+/m1/s1. The van der Waals surface area contributed by atoms with Crippen molar-refractivity contribution in [1.29, 1.82) is 0 Å². The molecule has 0 saturated carbocycles. The van der Waals surface area contributed by atoms with Gasteiger partial charge in [-0.1, -0.05) is 0 Å². The second-order valence-electron chi connectivity index (χ2n) is 9.51. The molecule has 2 rings (SSSR count). The van der Waals surface area contributed by atoms with Crippen LogP contribution >= 0.6 is 0 Å². The Bertz CT molecular complexity index is 894. The van der Waals surface area contributed by atoms with Crippen LogP contribution in [0.25, 0.3) is 0 Å². The largest absolute Gasteiger partial charge is 0.506 e. The summed E-state index contributed by atoms with van der Waals surface area (Å²) in [6, 6.07) is -1.21. The van der Waals surface area contributed by atoms with Crippen molar-refractivity contribution in [1.82, 2.24) is 10.6 Å². The van der Waals surface area contributed by atoms with E-state index in [0.29, 0.717) is 0 Å². The highest BCUT2D eigenvalue weighted by Gasteiger charge is 2.70. The van der Waals surface area contributed by atoms with Crippen LogP contribution in [0.4, 0.5) is 0 Å². The van der Waals surface area contributed by atoms with E-state index in [0.717, 1.165) is 35.0 Å². The number of amides is 2. The van der Waals surface area contributed by atoms with Crippen LogP contribution < -0.4 is 10.6 Å². The Balaban J connectivity index is 2.58. The molecule has 2 saturated heterocycles.